The van der Waals surface area contributed by atoms with E-state index in [4.69, 9.17) is 5.11 Å². The molecule has 2 aromatic rings. The summed E-state index contributed by atoms with van der Waals surface area (Å²) in [5.41, 5.74) is 2.02. The molecule has 3 nitrogen and oxygen atoms in total. The van der Waals surface area contributed by atoms with Crippen LogP contribution in [0.3, 0.4) is 0 Å². The van der Waals surface area contributed by atoms with Gasteiger partial charge < -0.3 is 10.1 Å². The quantitative estimate of drug-likeness (QED) is 0.629. The van der Waals surface area contributed by atoms with Gasteiger partial charge in [0, 0.05) is 10.3 Å². The van der Waals surface area contributed by atoms with E-state index < -0.39 is 5.97 Å². The van der Waals surface area contributed by atoms with Gasteiger partial charge in [0.2, 0.25) is 0 Å². The number of aromatic carboxylic acids is 1. The van der Waals surface area contributed by atoms with Crippen molar-refractivity contribution in [2.24, 2.45) is 0 Å². The Bertz CT molecular complexity index is 516. The van der Waals surface area contributed by atoms with Gasteiger partial charge in [-0.3, -0.25) is 0 Å². The second-order valence-corrected chi connectivity index (χ2v) is 3.64. The summed E-state index contributed by atoms with van der Waals surface area (Å²) >= 11 is 4.27. The van der Waals surface area contributed by atoms with E-state index in [1.54, 1.807) is 6.07 Å². The molecule has 0 aliphatic rings. The van der Waals surface area contributed by atoms with Crippen LogP contribution in [0.1, 0.15) is 16.1 Å². The largest absolute Gasteiger partial charge is 0.477 e. The lowest BCUT2D eigenvalue weighted by Crippen LogP contribution is -1.95. The Morgan fingerprint density at radius 1 is 1.50 bits per heavy atom. The van der Waals surface area contributed by atoms with Crippen molar-refractivity contribution in [3.8, 4) is 0 Å². The molecule has 0 spiro atoms. The summed E-state index contributed by atoms with van der Waals surface area (Å²) in [6.07, 6.45) is 0. The van der Waals surface area contributed by atoms with E-state index in [-0.39, 0.29) is 5.69 Å². The highest BCUT2D eigenvalue weighted by Crippen LogP contribution is 2.24. The predicted molar refractivity (Wildman–Crippen MR) is 57.2 cm³/mol. The number of nitrogens with one attached hydrogen (secondary N) is 1. The maximum atomic E-state index is 10.7. The third kappa shape index (κ3) is 1.28. The van der Waals surface area contributed by atoms with Crippen LogP contribution in [-0.2, 0) is 0 Å². The lowest BCUT2D eigenvalue weighted by Gasteiger charge is -1.98. The van der Waals surface area contributed by atoms with Crippen molar-refractivity contribution < 1.29 is 9.90 Å². The third-order valence-corrected chi connectivity index (χ3v) is 2.74. The van der Waals surface area contributed by atoms with E-state index in [1.807, 2.05) is 19.1 Å². The van der Waals surface area contributed by atoms with Crippen LogP contribution in [0.25, 0.3) is 10.9 Å². The highest BCUT2D eigenvalue weighted by molar-refractivity contribution is 7.80. The molecule has 14 heavy (non-hydrogen) atoms. The number of aromatic nitrogens is 1. The zero-order valence-corrected chi connectivity index (χ0v) is 8.43. The molecular formula is C10H9NO2S. The first-order valence-electron chi connectivity index (χ1n) is 4.14. The number of carboxylic acid groups (broad SMARTS) is 1. The molecule has 1 heterocycles. The third-order valence-electron chi connectivity index (χ3n) is 2.26. The lowest BCUT2D eigenvalue weighted by molar-refractivity contribution is 0.0691. The Balaban J connectivity index is 2.77. The molecule has 0 saturated heterocycles. The smallest absolute Gasteiger partial charge is 0.352 e. The molecule has 2 rings (SSSR count). The molecule has 4 heteroatoms. The van der Waals surface area contributed by atoms with Gasteiger partial charge in [0.25, 0.3) is 0 Å². The number of carbonyl (C=O) groups is 1. The molecular weight excluding hydrogens is 198 g/mol. The van der Waals surface area contributed by atoms with E-state index >= 15 is 0 Å². The first-order valence-corrected chi connectivity index (χ1v) is 4.59. The summed E-state index contributed by atoms with van der Waals surface area (Å²) in [6.45, 7) is 1.91. The van der Waals surface area contributed by atoms with Crippen molar-refractivity contribution in [2.45, 2.75) is 11.8 Å². The van der Waals surface area contributed by atoms with Crippen molar-refractivity contribution in [2.75, 3.05) is 0 Å². The van der Waals surface area contributed by atoms with Crippen molar-refractivity contribution in [3.05, 3.63) is 29.5 Å². The zero-order chi connectivity index (χ0) is 10.3. The summed E-state index contributed by atoms with van der Waals surface area (Å²) in [5.74, 6) is -0.943. The molecule has 0 atom stereocenters. The first-order chi connectivity index (χ1) is 6.59. The number of fused-ring (bicyclic) bond motifs is 1. The fraction of sp³-hybridized carbons (Fsp3) is 0.100. The summed E-state index contributed by atoms with van der Waals surface area (Å²) < 4.78 is 0. The molecule has 0 aliphatic carbocycles. The Morgan fingerprint density at radius 2 is 2.21 bits per heavy atom. The SMILES string of the molecule is Cc1c(S)ccc2cc(C(=O)O)[nH]c12. The van der Waals surface area contributed by atoms with Gasteiger partial charge in [-0.15, -0.1) is 12.6 Å². The van der Waals surface area contributed by atoms with Gasteiger partial charge in [-0.2, -0.15) is 0 Å². The van der Waals surface area contributed by atoms with Crippen molar-refractivity contribution in [3.63, 3.8) is 0 Å². The first kappa shape index (κ1) is 9.15. The summed E-state index contributed by atoms with van der Waals surface area (Å²) in [5, 5.41) is 9.70. The molecule has 0 bridgehead atoms. The van der Waals surface area contributed by atoms with Crippen molar-refractivity contribution in [1.82, 2.24) is 4.98 Å². The number of rotatable bonds is 1. The average molecular weight is 207 g/mol. The van der Waals surface area contributed by atoms with Gasteiger partial charge in [0.1, 0.15) is 5.69 Å². The number of hydrogen-bond donors (Lipinski definition) is 3. The molecule has 1 aromatic carbocycles. The molecule has 0 radical (unpaired) electrons. The van der Waals surface area contributed by atoms with E-state index in [2.05, 4.69) is 17.6 Å². The van der Waals surface area contributed by atoms with Crippen LogP contribution < -0.4 is 0 Å². The Labute approximate surface area is 86.2 Å². The Morgan fingerprint density at radius 3 is 2.86 bits per heavy atom. The van der Waals surface area contributed by atoms with E-state index in [0.29, 0.717) is 0 Å². The maximum Gasteiger partial charge on any atom is 0.352 e. The highest BCUT2D eigenvalue weighted by atomic mass is 32.1. The van der Waals surface area contributed by atoms with Gasteiger partial charge in [-0.25, -0.2) is 4.79 Å². The van der Waals surface area contributed by atoms with Crippen LogP contribution in [0.4, 0.5) is 0 Å². The number of aromatic amines is 1. The average Bonchev–Trinajstić information content (AvgIpc) is 2.56. The standard InChI is InChI=1S/C10H9NO2S/c1-5-8(14)3-2-6-4-7(10(12)13)11-9(5)6/h2-4,11,14H,1H3,(H,12,13). The molecule has 0 unspecified atom stereocenters. The molecule has 0 amide bonds. The predicted octanol–water partition coefficient (Wildman–Crippen LogP) is 2.46. The lowest BCUT2D eigenvalue weighted by atomic mass is 10.2. The Kier molecular flexibility index (Phi) is 2.00. The fourth-order valence-corrected chi connectivity index (χ4v) is 1.64. The summed E-state index contributed by atoms with van der Waals surface area (Å²) in [7, 11) is 0. The van der Waals surface area contributed by atoms with Gasteiger partial charge in [0.15, 0.2) is 0 Å². The molecule has 1 aromatic heterocycles. The zero-order valence-electron chi connectivity index (χ0n) is 7.53. The fourth-order valence-electron chi connectivity index (χ4n) is 1.45. The second kappa shape index (κ2) is 3.06. The molecule has 0 aliphatic heterocycles. The van der Waals surface area contributed by atoms with E-state index in [9.17, 15) is 4.79 Å². The molecule has 0 fully saturated rings. The Hall–Kier alpha value is -1.42. The van der Waals surface area contributed by atoms with Crippen LogP contribution in [0, 0.1) is 6.92 Å². The molecule has 0 saturated carbocycles. The number of H-pyrrole nitrogens is 1. The number of carboxylic acids is 1. The van der Waals surface area contributed by atoms with Crippen LogP contribution in [0.5, 0.6) is 0 Å². The number of aryl methyl sites for hydroxylation is 1. The minimum Gasteiger partial charge on any atom is -0.477 e. The molecule has 72 valence electrons. The second-order valence-electron chi connectivity index (χ2n) is 3.16. The number of thiol groups is 1. The van der Waals surface area contributed by atoms with Gasteiger partial charge in [0.05, 0.1) is 5.52 Å². The van der Waals surface area contributed by atoms with Gasteiger partial charge in [-0.05, 0) is 24.6 Å². The summed E-state index contributed by atoms with van der Waals surface area (Å²) in [4.78, 5) is 14.4. The van der Waals surface area contributed by atoms with Crippen LogP contribution in [-0.4, -0.2) is 16.1 Å². The number of hydrogen-bond acceptors (Lipinski definition) is 2. The maximum absolute atomic E-state index is 10.7. The van der Waals surface area contributed by atoms with Crippen LogP contribution in [0.15, 0.2) is 23.1 Å². The van der Waals surface area contributed by atoms with E-state index in [0.717, 1.165) is 21.4 Å². The summed E-state index contributed by atoms with van der Waals surface area (Å²) in [6, 6.07) is 5.34. The van der Waals surface area contributed by atoms with Crippen LogP contribution in [0.2, 0.25) is 0 Å². The highest BCUT2D eigenvalue weighted by Gasteiger charge is 2.09. The molecule has 2 N–H and O–H groups in total. The van der Waals surface area contributed by atoms with Crippen molar-refractivity contribution >= 4 is 29.5 Å². The minimum atomic E-state index is -0.943. The van der Waals surface area contributed by atoms with Gasteiger partial charge >= 0.3 is 5.97 Å². The topological polar surface area (TPSA) is 53.1 Å². The van der Waals surface area contributed by atoms with Gasteiger partial charge in [-0.1, -0.05) is 6.07 Å². The van der Waals surface area contributed by atoms with E-state index in [1.165, 1.54) is 0 Å². The van der Waals surface area contributed by atoms with Crippen LogP contribution >= 0.6 is 12.6 Å². The monoisotopic (exact) mass is 207 g/mol. The number of benzene rings is 1. The normalized spacial score (nSPS) is 10.7. The minimum absolute atomic E-state index is 0.210. The van der Waals surface area contributed by atoms with Crippen molar-refractivity contribution in [1.29, 1.82) is 0 Å².